The lowest BCUT2D eigenvalue weighted by molar-refractivity contribution is -0.536. The maximum absolute atomic E-state index is 5.11. The molecule has 13 rings (SSSR count). The minimum absolute atomic E-state index is 0.0155. The number of para-hydroxylation sites is 1. The molecule has 0 aromatic heterocycles. The smallest absolute Gasteiger partial charge is 0.0722 e. The summed E-state index contributed by atoms with van der Waals surface area (Å²) >= 11 is 0. The second kappa shape index (κ2) is 11.8. The Bertz CT molecular complexity index is 3350. The molecule has 2 heteroatoms. The minimum atomic E-state index is -0.496. The monoisotopic (exact) mass is 735 g/mol. The Hall–Kier alpha value is -7.42. The van der Waals surface area contributed by atoms with Crippen molar-refractivity contribution in [3.05, 3.63) is 240 Å². The van der Waals surface area contributed by atoms with E-state index < -0.39 is 5.41 Å². The van der Waals surface area contributed by atoms with E-state index in [1.54, 1.807) is 0 Å². The molecule has 10 aromatic rings. The maximum atomic E-state index is 5.11. The molecule has 0 radical (unpaired) electrons. The van der Waals surface area contributed by atoms with E-state index in [4.69, 9.17) is 5.11 Å². The van der Waals surface area contributed by atoms with Crippen molar-refractivity contribution in [1.29, 1.82) is 0 Å². The Balaban J connectivity index is 1.10. The first-order valence-corrected chi connectivity index (χ1v) is 20.3. The lowest BCUT2D eigenvalue weighted by atomic mass is 9.68. The Morgan fingerprint density at radius 2 is 0.931 bits per heavy atom. The van der Waals surface area contributed by atoms with Crippen LogP contribution in [0.3, 0.4) is 0 Å². The van der Waals surface area contributed by atoms with Gasteiger partial charge in [0, 0.05) is 22.8 Å². The first kappa shape index (κ1) is 31.7. The van der Waals surface area contributed by atoms with Gasteiger partial charge in [0.05, 0.1) is 11.0 Å². The van der Waals surface area contributed by atoms with Crippen molar-refractivity contribution in [1.82, 2.24) is 0 Å². The van der Waals surface area contributed by atoms with Gasteiger partial charge in [0.2, 0.25) is 11.7 Å². The summed E-state index contributed by atoms with van der Waals surface area (Å²) < 4.78 is 2.17. The third-order valence-electron chi connectivity index (χ3n) is 13.2. The molecule has 0 bridgehead atoms. The van der Waals surface area contributed by atoms with Crippen LogP contribution in [0.15, 0.2) is 211 Å². The normalized spacial score (nSPS) is 15.3. The maximum Gasteiger partial charge on any atom is 0.237 e. The fourth-order valence-corrected chi connectivity index (χ4v) is 11.0. The van der Waals surface area contributed by atoms with Gasteiger partial charge in [-0.2, -0.15) is 0 Å². The van der Waals surface area contributed by atoms with Crippen LogP contribution in [0.4, 0.5) is 11.4 Å². The highest BCUT2D eigenvalue weighted by Gasteiger charge is 2.54. The highest BCUT2D eigenvalue weighted by molar-refractivity contribution is 6.22. The van der Waals surface area contributed by atoms with Gasteiger partial charge in [-0.1, -0.05) is 181 Å². The van der Waals surface area contributed by atoms with Crippen molar-refractivity contribution < 1.29 is 4.70 Å². The lowest BCUT2D eigenvalue weighted by Gasteiger charge is -2.33. The van der Waals surface area contributed by atoms with Crippen molar-refractivity contribution in [2.24, 2.45) is 5.11 Å². The fraction of sp³-hybridized carbons (Fsp3) is 0.0357. The molecule has 1 aliphatic heterocycles. The molecular formula is C56H35N2+. The van der Waals surface area contributed by atoms with E-state index in [-0.39, 0.29) is 6.04 Å². The average molecular weight is 736 g/mol. The Morgan fingerprint density at radius 3 is 1.64 bits per heavy atom. The second-order valence-electron chi connectivity index (χ2n) is 15.9. The van der Waals surface area contributed by atoms with Crippen LogP contribution < -0.4 is 0 Å². The Kier molecular flexibility index (Phi) is 6.46. The van der Waals surface area contributed by atoms with Gasteiger partial charge in [0.15, 0.2) is 0 Å². The zero-order valence-corrected chi connectivity index (χ0v) is 31.6. The van der Waals surface area contributed by atoms with Gasteiger partial charge in [-0.05, 0) is 106 Å². The zero-order chi connectivity index (χ0) is 38.0. The number of azo groups is 2. The summed E-state index contributed by atoms with van der Waals surface area (Å²) in [5.41, 5.74) is 17.3. The van der Waals surface area contributed by atoms with Crippen molar-refractivity contribution in [3.63, 3.8) is 0 Å². The average Bonchev–Trinajstić information content (AvgIpc) is 3.94. The van der Waals surface area contributed by atoms with Crippen LogP contribution >= 0.6 is 0 Å². The van der Waals surface area contributed by atoms with E-state index >= 15 is 0 Å². The summed E-state index contributed by atoms with van der Waals surface area (Å²) in [6.45, 7) is 0. The third-order valence-corrected chi connectivity index (χ3v) is 13.2. The van der Waals surface area contributed by atoms with Crippen LogP contribution in [-0.4, -0.2) is 4.70 Å². The van der Waals surface area contributed by atoms with E-state index in [1.807, 2.05) is 0 Å². The Morgan fingerprint density at radius 1 is 0.397 bits per heavy atom. The van der Waals surface area contributed by atoms with Gasteiger partial charge >= 0.3 is 0 Å². The zero-order valence-electron chi connectivity index (χ0n) is 31.6. The van der Waals surface area contributed by atoms with Crippen LogP contribution in [0, 0.1) is 0 Å². The van der Waals surface area contributed by atoms with Gasteiger partial charge in [-0.25, -0.2) is 0 Å². The molecule has 58 heavy (non-hydrogen) atoms. The van der Waals surface area contributed by atoms with E-state index in [0.29, 0.717) is 0 Å². The molecule has 0 saturated carbocycles. The summed E-state index contributed by atoms with van der Waals surface area (Å²) in [7, 11) is 0. The van der Waals surface area contributed by atoms with Gasteiger partial charge in [0.25, 0.3) is 0 Å². The molecule has 1 heterocycles. The number of fused-ring (bicyclic) bond motifs is 18. The molecule has 268 valence electrons. The van der Waals surface area contributed by atoms with Crippen LogP contribution in [0.1, 0.15) is 39.4 Å². The summed E-state index contributed by atoms with van der Waals surface area (Å²) in [6.07, 6.45) is 0. The molecule has 2 aliphatic carbocycles. The lowest BCUT2D eigenvalue weighted by Crippen LogP contribution is -2.26. The topological polar surface area (TPSA) is 15.4 Å². The quantitative estimate of drug-likeness (QED) is 0.127. The first-order chi connectivity index (χ1) is 28.8. The number of rotatable bonds is 3. The third kappa shape index (κ3) is 4.06. The highest BCUT2D eigenvalue weighted by Crippen LogP contribution is 2.67. The fourth-order valence-electron chi connectivity index (χ4n) is 11.0. The molecule has 1 unspecified atom stereocenters. The second-order valence-corrected chi connectivity index (χ2v) is 15.9. The Labute approximate surface area is 336 Å². The van der Waals surface area contributed by atoms with Gasteiger partial charge < -0.3 is 0 Å². The molecule has 0 amide bonds. The minimum Gasteiger partial charge on any atom is -0.0722 e. The van der Waals surface area contributed by atoms with Crippen molar-refractivity contribution in [2.75, 3.05) is 0 Å². The van der Waals surface area contributed by atoms with Gasteiger partial charge in [-0.3, -0.25) is 0 Å². The van der Waals surface area contributed by atoms with Crippen LogP contribution in [0.2, 0.25) is 0 Å². The van der Waals surface area contributed by atoms with E-state index in [2.05, 4.69) is 211 Å². The van der Waals surface area contributed by atoms with Gasteiger partial charge in [-0.15, -0.1) is 0 Å². The number of nitrogens with zero attached hydrogens (tertiary/aromatic N) is 2. The molecule has 1 spiro atoms. The summed E-state index contributed by atoms with van der Waals surface area (Å²) in [6, 6.07) is 76.5. The summed E-state index contributed by atoms with van der Waals surface area (Å²) in [5.74, 6) is 0. The van der Waals surface area contributed by atoms with Crippen LogP contribution in [0.5, 0.6) is 0 Å². The predicted octanol–water partition coefficient (Wildman–Crippen LogP) is 14.7. The summed E-state index contributed by atoms with van der Waals surface area (Å²) in [4.78, 5) is 0. The number of hydrogen-bond acceptors (Lipinski definition) is 1. The molecule has 10 aromatic carbocycles. The van der Waals surface area contributed by atoms with Gasteiger partial charge in [0.1, 0.15) is 5.69 Å². The highest BCUT2D eigenvalue weighted by atomic mass is 15.3. The molecule has 0 saturated heterocycles. The SMILES string of the molecule is c1ccc([N+]2=Nc3ccccc3C2c2ccc(-c3cc4c(c5ccccc35)C3(c5ccccc5-c5ccccc53)c3c-4c4ccccc4c4ccccc34)cc2)cc1. The molecular weight excluding hydrogens is 701 g/mol. The van der Waals surface area contributed by atoms with Crippen LogP contribution in [0.25, 0.3) is 65.7 Å². The molecule has 0 fully saturated rings. The molecule has 1 atom stereocenters. The summed E-state index contributed by atoms with van der Waals surface area (Å²) in [5, 5.41) is 12.9. The van der Waals surface area contributed by atoms with E-state index in [1.165, 1.54) is 99.1 Å². The van der Waals surface area contributed by atoms with Crippen molar-refractivity contribution >= 4 is 43.7 Å². The number of hydrogen-bond donors (Lipinski definition) is 0. The van der Waals surface area contributed by atoms with E-state index in [9.17, 15) is 0 Å². The van der Waals surface area contributed by atoms with Crippen LogP contribution in [-0.2, 0) is 5.41 Å². The molecule has 0 N–H and O–H groups in total. The predicted molar refractivity (Wildman–Crippen MR) is 237 cm³/mol. The van der Waals surface area contributed by atoms with Crippen molar-refractivity contribution in [2.45, 2.75) is 11.5 Å². The van der Waals surface area contributed by atoms with E-state index in [0.717, 1.165) is 11.4 Å². The largest absolute Gasteiger partial charge is 0.237 e. The molecule has 3 aliphatic rings. The number of benzene rings is 10. The standard InChI is InChI=1S/C56H35N2/c1-2-16-37(17-3-1)58-55(46-26-12-15-29-51(46)57-58)36-32-30-35(31-33-36)47-34-48-52-43-23-7-4-18-38(43)39-19-5-9-25-45(39)54(52)56(53(48)44-24-8-6-20-40(44)47)49-27-13-10-21-41(49)42-22-11-14-28-50(42)56/h1-34,55H/q+1. The first-order valence-electron chi connectivity index (χ1n) is 20.3. The van der Waals surface area contributed by atoms with Crippen molar-refractivity contribution in [3.8, 4) is 33.4 Å². The molecule has 2 nitrogen and oxygen atoms in total.